The second-order valence-corrected chi connectivity index (χ2v) is 6.48. The highest BCUT2D eigenvalue weighted by atomic mass is 32.2. The maximum absolute atomic E-state index is 11.9. The lowest BCUT2D eigenvalue weighted by Crippen LogP contribution is -2.41. The molecule has 1 rings (SSSR count). The normalized spacial score (nSPS) is 13.0. The molecule has 0 spiro atoms. The fourth-order valence-corrected chi connectivity index (χ4v) is 2.07. The number of rotatable bonds is 6. The van der Waals surface area contributed by atoms with Gasteiger partial charge in [-0.15, -0.1) is 0 Å². The molecular formula is C12H17N3O5S. The number of carboxylic acids is 1. The number of hydrogen-bond acceptors (Lipinski definition) is 5. The van der Waals surface area contributed by atoms with Crippen molar-refractivity contribution in [1.29, 1.82) is 0 Å². The van der Waals surface area contributed by atoms with Crippen LogP contribution in [0.4, 0.5) is 0 Å². The molecule has 1 amide bonds. The van der Waals surface area contributed by atoms with Crippen molar-refractivity contribution in [2.24, 2.45) is 11.1 Å². The largest absolute Gasteiger partial charge is 0.480 e. The summed E-state index contributed by atoms with van der Waals surface area (Å²) in [6.07, 6.45) is 1.22. The summed E-state index contributed by atoms with van der Waals surface area (Å²) in [6, 6.07) is 1.27. The van der Waals surface area contributed by atoms with Gasteiger partial charge in [-0.25, -0.2) is 23.3 Å². The summed E-state index contributed by atoms with van der Waals surface area (Å²) in [4.78, 5) is 26.4. The van der Waals surface area contributed by atoms with Gasteiger partial charge >= 0.3 is 5.97 Å². The molecule has 0 aliphatic carbocycles. The lowest BCUT2D eigenvalue weighted by molar-refractivity contribution is -0.139. The van der Waals surface area contributed by atoms with Gasteiger partial charge in [0.05, 0.1) is 0 Å². The molecule has 1 heterocycles. The molecule has 0 fully saturated rings. The smallest absolute Gasteiger partial charge is 0.326 e. The summed E-state index contributed by atoms with van der Waals surface area (Å²) in [5.41, 5.74) is -0.0857. The van der Waals surface area contributed by atoms with Crippen LogP contribution in [0.5, 0.6) is 0 Å². The molecule has 8 nitrogen and oxygen atoms in total. The van der Waals surface area contributed by atoms with Gasteiger partial charge in [-0.2, -0.15) is 0 Å². The zero-order chi connectivity index (χ0) is 16.2. The van der Waals surface area contributed by atoms with Gasteiger partial charge in [0.15, 0.2) is 0 Å². The van der Waals surface area contributed by atoms with E-state index in [1.54, 1.807) is 0 Å². The zero-order valence-electron chi connectivity index (χ0n) is 11.6. The van der Waals surface area contributed by atoms with E-state index in [9.17, 15) is 18.0 Å². The van der Waals surface area contributed by atoms with Crippen molar-refractivity contribution in [2.45, 2.75) is 31.2 Å². The van der Waals surface area contributed by atoms with E-state index in [2.05, 4.69) is 10.3 Å². The predicted molar refractivity (Wildman–Crippen MR) is 74.0 cm³/mol. The Balaban J connectivity index is 2.86. The minimum Gasteiger partial charge on any atom is -0.480 e. The third-order valence-corrected chi connectivity index (χ3v) is 3.51. The van der Waals surface area contributed by atoms with Crippen molar-refractivity contribution in [3.05, 3.63) is 24.0 Å². The molecule has 0 radical (unpaired) electrons. The second-order valence-electron chi connectivity index (χ2n) is 4.92. The number of carboxylic acid groups (broad SMARTS) is 1. The Morgan fingerprint density at radius 1 is 1.38 bits per heavy atom. The number of nitrogens with two attached hydrogens (primary N) is 1. The first-order valence-corrected chi connectivity index (χ1v) is 7.68. The number of aliphatic carboxylic acids is 1. The third kappa shape index (κ3) is 5.12. The molecule has 4 N–H and O–H groups in total. The van der Waals surface area contributed by atoms with E-state index in [0.717, 1.165) is 12.3 Å². The van der Waals surface area contributed by atoms with Gasteiger partial charge < -0.3 is 10.4 Å². The van der Waals surface area contributed by atoms with Crippen molar-refractivity contribution in [3.8, 4) is 0 Å². The van der Waals surface area contributed by atoms with E-state index in [4.69, 9.17) is 10.2 Å². The van der Waals surface area contributed by atoms with Crippen molar-refractivity contribution in [2.75, 3.05) is 0 Å². The molecule has 9 heteroatoms. The van der Waals surface area contributed by atoms with Gasteiger partial charge in [0.2, 0.25) is 10.0 Å². The number of nitrogens with zero attached hydrogens (tertiary/aromatic N) is 1. The summed E-state index contributed by atoms with van der Waals surface area (Å²) in [6.45, 7) is 3.67. The highest BCUT2D eigenvalue weighted by Crippen LogP contribution is 2.08. The number of amides is 1. The first kappa shape index (κ1) is 17.1. The molecule has 0 aliphatic rings. The minimum atomic E-state index is -3.89. The van der Waals surface area contributed by atoms with E-state index in [1.165, 1.54) is 6.07 Å². The van der Waals surface area contributed by atoms with Crippen LogP contribution in [-0.4, -0.2) is 36.4 Å². The number of sulfonamides is 1. The molecule has 0 bridgehead atoms. The van der Waals surface area contributed by atoms with E-state index >= 15 is 0 Å². The Morgan fingerprint density at radius 2 is 2.00 bits per heavy atom. The summed E-state index contributed by atoms with van der Waals surface area (Å²) in [7, 11) is -3.89. The van der Waals surface area contributed by atoms with E-state index in [1.807, 2.05) is 13.8 Å². The van der Waals surface area contributed by atoms with E-state index in [0.29, 0.717) is 0 Å². The van der Waals surface area contributed by atoms with Gasteiger partial charge in [0.25, 0.3) is 5.91 Å². The summed E-state index contributed by atoms with van der Waals surface area (Å²) >= 11 is 0. The average Bonchev–Trinajstić information content (AvgIpc) is 2.36. The SMILES string of the molecule is CC(C)C[C@@H](NC(=O)c1ccc(S(N)(=O)=O)cn1)C(=O)O. The van der Waals surface area contributed by atoms with Crippen LogP contribution in [0.15, 0.2) is 23.2 Å². The van der Waals surface area contributed by atoms with Gasteiger partial charge in [-0.05, 0) is 24.5 Å². The molecular weight excluding hydrogens is 298 g/mol. The van der Waals surface area contributed by atoms with Crippen LogP contribution in [0, 0.1) is 5.92 Å². The lowest BCUT2D eigenvalue weighted by atomic mass is 10.0. The van der Waals surface area contributed by atoms with Gasteiger partial charge in [0.1, 0.15) is 16.6 Å². The number of primary sulfonamides is 1. The Morgan fingerprint density at radius 3 is 2.38 bits per heavy atom. The quantitative estimate of drug-likeness (QED) is 0.673. The monoisotopic (exact) mass is 315 g/mol. The van der Waals surface area contributed by atoms with Gasteiger partial charge in [0, 0.05) is 6.20 Å². The zero-order valence-corrected chi connectivity index (χ0v) is 12.4. The first-order valence-electron chi connectivity index (χ1n) is 6.13. The molecule has 0 unspecified atom stereocenters. The van der Waals surface area contributed by atoms with Crippen LogP contribution < -0.4 is 10.5 Å². The standard InChI is InChI=1S/C12H17N3O5S/c1-7(2)5-10(12(17)18)15-11(16)9-4-3-8(6-14-9)21(13,19)20/h3-4,6-7,10H,5H2,1-2H3,(H,15,16)(H,17,18)(H2,13,19,20)/t10-/m1/s1. The number of carbonyl (C=O) groups excluding carboxylic acids is 1. The fraction of sp³-hybridized carbons (Fsp3) is 0.417. The highest BCUT2D eigenvalue weighted by Gasteiger charge is 2.22. The summed E-state index contributed by atoms with van der Waals surface area (Å²) < 4.78 is 22.1. The van der Waals surface area contributed by atoms with Crippen molar-refractivity contribution in [1.82, 2.24) is 10.3 Å². The average molecular weight is 315 g/mol. The first-order chi connectivity index (χ1) is 9.61. The molecule has 1 aromatic rings. The predicted octanol–water partition coefficient (Wildman–Crippen LogP) is -0.0419. The number of pyridine rings is 1. The molecule has 0 saturated heterocycles. The van der Waals surface area contributed by atoms with Crippen LogP contribution in [0.1, 0.15) is 30.8 Å². The van der Waals surface area contributed by atoms with E-state index < -0.39 is 27.9 Å². The van der Waals surface area contributed by atoms with Crippen LogP contribution in [-0.2, 0) is 14.8 Å². The maximum atomic E-state index is 11.9. The number of aromatic nitrogens is 1. The summed E-state index contributed by atoms with van der Waals surface area (Å²) in [5, 5.41) is 16.3. The Labute approximate surface area is 122 Å². The van der Waals surface area contributed by atoms with Crippen molar-refractivity contribution >= 4 is 21.9 Å². The Kier molecular flexibility index (Phi) is 5.39. The number of nitrogens with one attached hydrogen (secondary N) is 1. The topological polar surface area (TPSA) is 139 Å². The van der Waals surface area contributed by atoms with Crippen molar-refractivity contribution in [3.63, 3.8) is 0 Å². The van der Waals surface area contributed by atoms with Crippen LogP contribution in [0.2, 0.25) is 0 Å². The van der Waals surface area contributed by atoms with Crippen LogP contribution in [0.3, 0.4) is 0 Å². The third-order valence-electron chi connectivity index (χ3n) is 2.61. The Bertz CT molecular complexity index is 625. The lowest BCUT2D eigenvalue weighted by Gasteiger charge is -2.16. The second kappa shape index (κ2) is 6.64. The maximum Gasteiger partial charge on any atom is 0.326 e. The van der Waals surface area contributed by atoms with Gasteiger partial charge in [-0.3, -0.25) is 4.79 Å². The van der Waals surface area contributed by atoms with Gasteiger partial charge in [-0.1, -0.05) is 13.8 Å². The number of hydrogen-bond donors (Lipinski definition) is 3. The van der Waals surface area contributed by atoms with Crippen LogP contribution in [0.25, 0.3) is 0 Å². The summed E-state index contributed by atoms with van der Waals surface area (Å²) in [5.74, 6) is -1.74. The molecule has 0 saturated carbocycles. The van der Waals surface area contributed by atoms with Crippen LogP contribution >= 0.6 is 0 Å². The molecule has 1 atom stereocenters. The molecule has 21 heavy (non-hydrogen) atoms. The minimum absolute atomic E-state index is 0.0857. The molecule has 0 aliphatic heterocycles. The molecule has 1 aromatic heterocycles. The molecule has 116 valence electrons. The molecule has 0 aromatic carbocycles. The fourth-order valence-electron chi connectivity index (χ4n) is 1.61. The number of carbonyl (C=O) groups is 2. The van der Waals surface area contributed by atoms with E-state index in [-0.39, 0.29) is 22.9 Å². The van der Waals surface area contributed by atoms with Crippen molar-refractivity contribution < 1.29 is 23.1 Å². The highest BCUT2D eigenvalue weighted by molar-refractivity contribution is 7.89. The Hall–Kier alpha value is -2.00.